The minimum absolute atomic E-state index is 0.840. The third-order valence-electron chi connectivity index (χ3n) is 1.16. The quantitative estimate of drug-likeness (QED) is 0.536. The lowest BCUT2D eigenvalue weighted by molar-refractivity contribution is 0.627. The van der Waals surface area contributed by atoms with E-state index in [0.717, 1.165) is 5.92 Å². The van der Waals surface area contributed by atoms with Crippen LogP contribution in [0.25, 0.3) is 0 Å². The van der Waals surface area contributed by atoms with Crippen LogP contribution in [0.5, 0.6) is 0 Å². The number of hydrogen-bond donors (Lipinski definition) is 0. The summed E-state index contributed by atoms with van der Waals surface area (Å²) in [6.07, 6.45) is 7.10. The van der Waals surface area contributed by atoms with Crippen LogP contribution in [0.3, 0.4) is 0 Å². The van der Waals surface area contributed by atoms with Crippen molar-refractivity contribution in [2.75, 3.05) is 12.0 Å². The van der Waals surface area contributed by atoms with Crippen LogP contribution in [-0.2, 0) is 0 Å². The van der Waals surface area contributed by atoms with Crippen molar-refractivity contribution in [2.45, 2.75) is 26.7 Å². The summed E-state index contributed by atoms with van der Waals surface area (Å²) in [5.41, 5.74) is 0. The van der Waals surface area contributed by atoms with Crippen molar-refractivity contribution < 1.29 is 0 Å². The van der Waals surface area contributed by atoms with Gasteiger partial charge in [0.15, 0.2) is 0 Å². The largest absolute Gasteiger partial charge is 0.165 e. The van der Waals surface area contributed by atoms with Crippen LogP contribution in [0.1, 0.15) is 26.7 Å². The van der Waals surface area contributed by atoms with Crippen LogP contribution in [0.15, 0.2) is 0 Å². The second-order valence-corrected chi connectivity index (χ2v) is 3.69. The Morgan fingerprint density at radius 1 is 1.44 bits per heavy atom. The summed E-state index contributed by atoms with van der Waals surface area (Å²) in [6, 6.07) is 0. The van der Waals surface area contributed by atoms with E-state index in [2.05, 4.69) is 26.5 Å². The average Bonchev–Trinajstić information content (AvgIpc) is 1.80. The highest BCUT2D eigenvalue weighted by Gasteiger charge is 1.92. The molecule has 1 heteroatoms. The van der Waals surface area contributed by atoms with E-state index < -0.39 is 0 Å². The van der Waals surface area contributed by atoms with E-state index >= 15 is 0 Å². The first-order valence-corrected chi connectivity index (χ1v) is 4.97. The van der Waals surface area contributed by atoms with Crippen molar-refractivity contribution in [2.24, 2.45) is 5.92 Å². The highest BCUT2D eigenvalue weighted by Crippen LogP contribution is 2.07. The van der Waals surface area contributed by atoms with Crippen molar-refractivity contribution in [1.82, 2.24) is 0 Å². The van der Waals surface area contributed by atoms with Crippen LogP contribution >= 0.6 is 11.8 Å². The van der Waals surface area contributed by atoms with Crippen LogP contribution < -0.4 is 0 Å². The SMILES string of the molecule is CSCC[CH]CC(C)C. The Morgan fingerprint density at radius 3 is 2.56 bits per heavy atom. The molecule has 0 nitrogen and oxygen atoms in total. The van der Waals surface area contributed by atoms with Gasteiger partial charge in [-0.3, -0.25) is 0 Å². The lowest BCUT2D eigenvalue weighted by atomic mass is 10.1. The lowest BCUT2D eigenvalue weighted by Gasteiger charge is -2.01. The van der Waals surface area contributed by atoms with Gasteiger partial charge in [0.1, 0.15) is 0 Å². The summed E-state index contributed by atoms with van der Waals surface area (Å²) in [5.74, 6) is 2.12. The molecule has 0 saturated carbocycles. The van der Waals surface area contributed by atoms with E-state index in [1.165, 1.54) is 18.6 Å². The molecule has 0 saturated heterocycles. The molecule has 0 atom stereocenters. The summed E-state index contributed by atoms with van der Waals surface area (Å²) in [6.45, 7) is 4.52. The van der Waals surface area contributed by atoms with Gasteiger partial charge in [0.2, 0.25) is 0 Å². The molecule has 0 amide bonds. The first kappa shape index (κ1) is 9.35. The Labute approximate surface area is 63.4 Å². The molecule has 0 aromatic carbocycles. The van der Waals surface area contributed by atoms with E-state index in [1.54, 1.807) is 0 Å². The van der Waals surface area contributed by atoms with Gasteiger partial charge in [-0.1, -0.05) is 13.8 Å². The molecule has 55 valence electrons. The van der Waals surface area contributed by atoms with Crippen LogP contribution in [-0.4, -0.2) is 12.0 Å². The van der Waals surface area contributed by atoms with Gasteiger partial charge in [-0.2, -0.15) is 11.8 Å². The van der Waals surface area contributed by atoms with Crippen LogP contribution in [0, 0.1) is 12.3 Å². The van der Waals surface area contributed by atoms with Gasteiger partial charge in [0, 0.05) is 0 Å². The Morgan fingerprint density at radius 2 is 2.11 bits per heavy atom. The van der Waals surface area contributed by atoms with Crippen molar-refractivity contribution in [3.8, 4) is 0 Å². The number of unbranched alkanes of at least 4 members (excludes halogenated alkanes) is 1. The average molecular weight is 145 g/mol. The van der Waals surface area contributed by atoms with E-state index in [1.807, 2.05) is 11.8 Å². The Kier molecular flexibility index (Phi) is 6.72. The third-order valence-corrected chi connectivity index (χ3v) is 1.81. The monoisotopic (exact) mass is 145 g/mol. The molecular weight excluding hydrogens is 128 g/mol. The standard InChI is InChI=1S/C8H17S/c1-8(2)6-4-5-7-9-3/h4,8H,5-7H2,1-3H3. The Bertz CT molecular complexity index is 50.5. The molecule has 1 radical (unpaired) electrons. The normalized spacial score (nSPS) is 10.7. The molecule has 0 bridgehead atoms. The molecule has 0 heterocycles. The third kappa shape index (κ3) is 8.35. The van der Waals surface area contributed by atoms with Crippen molar-refractivity contribution in [3.05, 3.63) is 6.42 Å². The first-order valence-electron chi connectivity index (χ1n) is 3.58. The Balaban J connectivity index is 2.75. The molecule has 0 N–H and O–H groups in total. The molecule has 0 unspecified atom stereocenters. The predicted octanol–water partition coefficient (Wildman–Crippen LogP) is 2.99. The number of hydrogen-bond acceptors (Lipinski definition) is 1. The van der Waals surface area contributed by atoms with Crippen molar-refractivity contribution in [3.63, 3.8) is 0 Å². The summed E-state index contributed by atoms with van der Waals surface area (Å²) >= 11 is 1.92. The second-order valence-electron chi connectivity index (χ2n) is 2.70. The van der Waals surface area contributed by atoms with Gasteiger partial charge in [0.05, 0.1) is 0 Å². The summed E-state index contributed by atoms with van der Waals surface area (Å²) < 4.78 is 0. The maximum absolute atomic E-state index is 2.39. The zero-order chi connectivity index (χ0) is 7.11. The van der Waals surface area contributed by atoms with Gasteiger partial charge >= 0.3 is 0 Å². The van der Waals surface area contributed by atoms with Gasteiger partial charge in [0.25, 0.3) is 0 Å². The topological polar surface area (TPSA) is 0 Å². The smallest absolute Gasteiger partial charge is 0.00676 e. The molecule has 9 heavy (non-hydrogen) atoms. The molecule has 0 rings (SSSR count). The molecule has 0 spiro atoms. The highest BCUT2D eigenvalue weighted by atomic mass is 32.2. The van der Waals surface area contributed by atoms with E-state index in [9.17, 15) is 0 Å². The molecule has 0 aromatic heterocycles. The summed E-state index contributed by atoms with van der Waals surface area (Å²) in [4.78, 5) is 0. The van der Waals surface area contributed by atoms with E-state index in [-0.39, 0.29) is 0 Å². The second kappa shape index (κ2) is 6.47. The number of thioether (sulfide) groups is 1. The van der Waals surface area contributed by atoms with Gasteiger partial charge in [-0.05, 0) is 37.2 Å². The Hall–Kier alpha value is 0.350. The minimum Gasteiger partial charge on any atom is -0.165 e. The molecule has 0 fully saturated rings. The zero-order valence-corrected chi connectivity index (χ0v) is 7.50. The molecule has 0 aromatic rings. The van der Waals surface area contributed by atoms with Crippen LogP contribution in [0.2, 0.25) is 0 Å². The number of rotatable bonds is 5. The highest BCUT2D eigenvalue weighted by molar-refractivity contribution is 7.98. The predicted molar refractivity (Wildman–Crippen MR) is 46.8 cm³/mol. The van der Waals surface area contributed by atoms with Gasteiger partial charge in [-0.25, -0.2) is 0 Å². The summed E-state index contributed by atoms with van der Waals surface area (Å²) in [7, 11) is 0. The molecule has 0 aliphatic rings. The fraction of sp³-hybridized carbons (Fsp3) is 0.875. The van der Waals surface area contributed by atoms with Crippen molar-refractivity contribution in [1.29, 1.82) is 0 Å². The van der Waals surface area contributed by atoms with Gasteiger partial charge in [-0.15, -0.1) is 0 Å². The van der Waals surface area contributed by atoms with E-state index in [4.69, 9.17) is 0 Å². The fourth-order valence-corrected chi connectivity index (χ4v) is 1.05. The minimum atomic E-state index is 0.840. The first-order chi connectivity index (χ1) is 4.27. The van der Waals surface area contributed by atoms with Gasteiger partial charge < -0.3 is 0 Å². The fourth-order valence-electron chi connectivity index (χ4n) is 0.652. The van der Waals surface area contributed by atoms with E-state index in [0.29, 0.717) is 0 Å². The molecular formula is C8H17S. The molecule has 0 aliphatic carbocycles. The van der Waals surface area contributed by atoms with Crippen molar-refractivity contribution >= 4 is 11.8 Å². The zero-order valence-electron chi connectivity index (χ0n) is 6.68. The molecule has 0 aliphatic heterocycles. The maximum Gasteiger partial charge on any atom is -0.00676 e. The maximum atomic E-state index is 2.39. The summed E-state index contributed by atoms with van der Waals surface area (Å²) in [5, 5.41) is 0. The van der Waals surface area contributed by atoms with Crippen LogP contribution in [0.4, 0.5) is 0 Å². The lowest BCUT2D eigenvalue weighted by Crippen LogP contribution is -1.88.